The number of rotatable bonds is 9. The molecule has 2 N–H and O–H groups in total. The Morgan fingerprint density at radius 2 is 2.29 bits per heavy atom. The summed E-state index contributed by atoms with van der Waals surface area (Å²) in [7, 11) is 0. The Kier molecular flexibility index (Phi) is 6.40. The molecule has 0 aliphatic carbocycles. The van der Waals surface area contributed by atoms with Gasteiger partial charge in [0, 0.05) is 19.3 Å². The summed E-state index contributed by atoms with van der Waals surface area (Å²) in [5.74, 6) is 0.760. The minimum Gasteiger partial charge on any atom is -0.467 e. The van der Waals surface area contributed by atoms with Crippen LogP contribution in [-0.2, 0) is 24.3 Å². The molecule has 0 aromatic carbocycles. The van der Waals surface area contributed by atoms with Gasteiger partial charge in [-0.15, -0.1) is 0 Å². The van der Waals surface area contributed by atoms with Crippen LogP contribution in [-0.4, -0.2) is 29.3 Å². The largest absolute Gasteiger partial charge is 0.467 e. The maximum atomic E-state index is 9.84. The van der Waals surface area contributed by atoms with Gasteiger partial charge in [-0.25, -0.2) is 0 Å². The average molecular weight is 290 g/mol. The number of hydrogen-bond donors (Lipinski definition) is 2. The molecule has 5 nitrogen and oxygen atoms in total. The molecule has 0 saturated carbocycles. The summed E-state index contributed by atoms with van der Waals surface area (Å²) in [6, 6.07) is 7.68. The van der Waals surface area contributed by atoms with Gasteiger partial charge in [-0.05, 0) is 30.2 Å². The van der Waals surface area contributed by atoms with Crippen molar-refractivity contribution in [3.05, 3.63) is 53.7 Å². The van der Waals surface area contributed by atoms with Gasteiger partial charge in [0.05, 0.1) is 24.7 Å². The van der Waals surface area contributed by atoms with Crippen LogP contribution in [0.15, 0.2) is 41.1 Å². The van der Waals surface area contributed by atoms with Crippen LogP contribution in [0.4, 0.5) is 0 Å². The van der Waals surface area contributed by atoms with Crippen LogP contribution in [0.3, 0.4) is 0 Å². The molecule has 2 rings (SSSR count). The van der Waals surface area contributed by atoms with Crippen molar-refractivity contribution in [1.29, 1.82) is 0 Å². The molecule has 0 saturated heterocycles. The normalized spacial score (nSPS) is 12.5. The predicted octanol–water partition coefficient (Wildman–Crippen LogP) is 1.90. The van der Waals surface area contributed by atoms with E-state index in [2.05, 4.69) is 23.3 Å². The van der Waals surface area contributed by atoms with Crippen molar-refractivity contribution < 1.29 is 14.3 Å². The van der Waals surface area contributed by atoms with Crippen LogP contribution in [0.5, 0.6) is 0 Å². The number of aliphatic hydroxyl groups excluding tert-OH is 1. The standard InChI is InChI=1S/C16H22N2O3/c1-2-13-5-3-7-18-16(13)10-17-9-14(19)11-20-12-15-6-4-8-21-15/h3-8,14,17,19H,2,9-12H2,1H3. The number of nitrogens with one attached hydrogen (secondary N) is 1. The Balaban J connectivity index is 1.63. The van der Waals surface area contributed by atoms with Crippen molar-refractivity contribution in [2.45, 2.75) is 32.6 Å². The quantitative estimate of drug-likeness (QED) is 0.738. The Morgan fingerprint density at radius 3 is 3.05 bits per heavy atom. The molecular formula is C16H22N2O3. The van der Waals surface area contributed by atoms with Gasteiger partial charge in [-0.1, -0.05) is 13.0 Å². The van der Waals surface area contributed by atoms with E-state index in [1.807, 2.05) is 18.2 Å². The highest BCUT2D eigenvalue weighted by atomic mass is 16.5. The molecule has 0 radical (unpaired) electrons. The minimum atomic E-state index is -0.547. The molecule has 0 aliphatic heterocycles. The smallest absolute Gasteiger partial charge is 0.129 e. The maximum Gasteiger partial charge on any atom is 0.129 e. The van der Waals surface area contributed by atoms with Gasteiger partial charge in [0.15, 0.2) is 0 Å². The Hall–Kier alpha value is -1.69. The summed E-state index contributed by atoms with van der Waals surface area (Å²) in [4.78, 5) is 4.35. The third kappa shape index (κ3) is 5.30. The van der Waals surface area contributed by atoms with Crippen LogP contribution in [0, 0.1) is 0 Å². The van der Waals surface area contributed by atoms with Crippen LogP contribution in [0.2, 0.25) is 0 Å². The third-order valence-corrected chi connectivity index (χ3v) is 3.17. The minimum absolute atomic E-state index is 0.274. The molecule has 5 heteroatoms. The van der Waals surface area contributed by atoms with Gasteiger partial charge >= 0.3 is 0 Å². The molecule has 2 aromatic rings. The molecule has 2 aromatic heterocycles. The summed E-state index contributed by atoms with van der Waals surface area (Å²) in [5.41, 5.74) is 2.26. The molecule has 0 aliphatic rings. The van der Waals surface area contributed by atoms with E-state index in [9.17, 15) is 5.11 Å². The van der Waals surface area contributed by atoms with E-state index in [1.165, 1.54) is 5.56 Å². The average Bonchev–Trinajstić information content (AvgIpc) is 3.01. The first-order valence-electron chi connectivity index (χ1n) is 7.21. The summed E-state index contributed by atoms with van der Waals surface area (Å²) in [6.07, 6.45) is 3.81. The van der Waals surface area contributed by atoms with Gasteiger partial charge in [-0.2, -0.15) is 0 Å². The van der Waals surface area contributed by atoms with E-state index in [0.29, 0.717) is 19.7 Å². The third-order valence-electron chi connectivity index (χ3n) is 3.17. The van der Waals surface area contributed by atoms with Crippen molar-refractivity contribution in [1.82, 2.24) is 10.3 Å². The molecule has 21 heavy (non-hydrogen) atoms. The molecule has 1 unspecified atom stereocenters. The van der Waals surface area contributed by atoms with Crippen molar-refractivity contribution in [3.8, 4) is 0 Å². The molecule has 0 fully saturated rings. The van der Waals surface area contributed by atoms with Gasteiger partial charge in [0.25, 0.3) is 0 Å². The first kappa shape index (κ1) is 15.7. The summed E-state index contributed by atoms with van der Waals surface area (Å²) in [6.45, 7) is 3.88. The number of pyridine rings is 1. The first-order chi connectivity index (χ1) is 10.3. The number of hydrogen-bond acceptors (Lipinski definition) is 5. The molecule has 2 heterocycles. The lowest BCUT2D eigenvalue weighted by Crippen LogP contribution is -2.30. The lowest BCUT2D eigenvalue weighted by atomic mass is 10.1. The Bertz CT molecular complexity index is 514. The number of aliphatic hydroxyl groups is 1. The number of nitrogens with zero attached hydrogens (tertiary/aromatic N) is 1. The van der Waals surface area contributed by atoms with Crippen LogP contribution in [0.1, 0.15) is 23.9 Å². The van der Waals surface area contributed by atoms with Crippen LogP contribution in [0.25, 0.3) is 0 Å². The van der Waals surface area contributed by atoms with Crippen LogP contribution < -0.4 is 5.32 Å². The van der Waals surface area contributed by atoms with Crippen molar-refractivity contribution in [3.63, 3.8) is 0 Å². The van der Waals surface area contributed by atoms with Gasteiger partial charge in [0.1, 0.15) is 12.4 Å². The second kappa shape index (κ2) is 8.56. The summed E-state index contributed by atoms with van der Waals surface area (Å²) in [5, 5.41) is 13.0. The zero-order chi connectivity index (χ0) is 14.9. The molecule has 0 amide bonds. The maximum absolute atomic E-state index is 9.84. The topological polar surface area (TPSA) is 67.5 Å². The highest BCUT2D eigenvalue weighted by Crippen LogP contribution is 2.05. The second-order valence-electron chi connectivity index (χ2n) is 4.84. The summed E-state index contributed by atoms with van der Waals surface area (Å²) >= 11 is 0. The monoisotopic (exact) mass is 290 g/mol. The van der Waals surface area contributed by atoms with Gasteiger partial charge in [-0.3, -0.25) is 4.98 Å². The van der Waals surface area contributed by atoms with E-state index >= 15 is 0 Å². The predicted molar refractivity (Wildman–Crippen MR) is 79.7 cm³/mol. The molecule has 114 valence electrons. The van der Waals surface area contributed by atoms with E-state index in [1.54, 1.807) is 12.5 Å². The van der Waals surface area contributed by atoms with E-state index in [0.717, 1.165) is 17.9 Å². The number of ether oxygens (including phenoxy) is 1. The van der Waals surface area contributed by atoms with Gasteiger partial charge in [0.2, 0.25) is 0 Å². The molecule has 0 spiro atoms. The van der Waals surface area contributed by atoms with E-state index in [4.69, 9.17) is 9.15 Å². The fourth-order valence-electron chi connectivity index (χ4n) is 2.06. The highest BCUT2D eigenvalue weighted by molar-refractivity contribution is 5.19. The Morgan fingerprint density at radius 1 is 1.38 bits per heavy atom. The lowest BCUT2D eigenvalue weighted by Gasteiger charge is -2.13. The second-order valence-corrected chi connectivity index (χ2v) is 4.84. The first-order valence-corrected chi connectivity index (χ1v) is 7.21. The Labute approximate surface area is 125 Å². The van der Waals surface area contributed by atoms with E-state index < -0.39 is 6.10 Å². The number of aryl methyl sites for hydroxylation is 1. The number of aromatic nitrogens is 1. The van der Waals surface area contributed by atoms with Crippen molar-refractivity contribution >= 4 is 0 Å². The van der Waals surface area contributed by atoms with Crippen molar-refractivity contribution in [2.24, 2.45) is 0 Å². The fourth-order valence-corrected chi connectivity index (χ4v) is 2.06. The zero-order valence-electron chi connectivity index (χ0n) is 12.3. The lowest BCUT2D eigenvalue weighted by molar-refractivity contribution is 0.0225. The van der Waals surface area contributed by atoms with E-state index in [-0.39, 0.29) is 6.61 Å². The SMILES string of the molecule is CCc1cccnc1CNCC(O)COCc1ccco1. The van der Waals surface area contributed by atoms with Gasteiger partial charge < -0.3 is 19.6 Å². The highest BCUT2D eigenvalue weighted by Gasteiger charge is 2.06. The van der Waals surface area contributed by atoms with Crippen molar-refractivity contribution in [2.75, 3.05) is 13.2 Å². The molecule has 0 bridgehead atoms. The molecular weight excluding hydrogens is 268 g/mol. The van der Waals surface area contributed by atoms with Crippen LogP contribution >= 0.6 is 0 Å². The fraction of sp³-hybridized carbons (Fsp3) is 0.438. The number of furan rings is 1. The molecule has 1 atom stereocenters. The summed E-state index contributed by atoms with van der Waals surface area (Å²) < 4.78 is 10.5. The zero-order valence-corrected chi connectivity index (χ0v) is 12.3.